The topological polar surface area (TPSA) is 20.3 Å². The van der Waals surface area contributed by atoms with Crippen molar-refractivity contribution in [2.75, 3.05) is 13.1 Å². The number of alkyl halides is 3. The van der Waals surface area contributed by atoms with Gasteiger partial charge in [-0.3, -0.25) is 4.79 Å². The van der Waals surface area contributed by atoms with E-state index in [0.717, 1.165) is 29.6 Å². The van der Waals surface area contributed by atoms with Crippen LogP contribution in [0.3, 0.4) is 0 Å². The Kier molecular flexibility index (Phi) is 13.1. The van der Waals surface area contributed by atoms with Crippen molar-refractivity contribution >= 4 is 5.78 Å². The number of hydrogen-bond donors (Lipinski definition) is 0. The Morgan fingerprint density at radius 2 is 1.94 bits per heavy atom. The standard InChI is InChI=1S/C29H41F4NO/c1-7-10-12-26(16-22(5)30)27-17-25(18-28(35)11-8-2)19-34(20-27)14-13-24(9-3)15-21(4)23(6)29(31,32)33/h9-10,12,15-16,20-21,23,25H,3,5,7-8,11,13-14,17-19H2,1-2,4,6H3/b12-10-,24-15+,26-16+/t21?,23-,25?/m0/s1. The Hall–Kier alpha value is -2.37. The number of carbonyl (C=O) groups is 1. The van der Waals surface area contributed by atoms with Crippen LogP contribution in [0.1, 0.15) is 66.2 Å². The molecule has 1 aliphatic rings. The molecule has 1 aliphatic heterocycles. The highest BCUT2D eigenvalue weighted by molar-refractivity contribution is 5.78. The van der Waals surface area contributed by atoms with Crippen molar-refractivity contribution in [3.05, 3.63) is 72.3 Å². The van der Waals surface area contributed by atoms with Crippen LogP contribution in [0, 0.1) is 17.8 Å². The molecule has 0 N–H and O–H groups in total. The van der Waals surface area contributed by atoms with Gasteiger partial charge in [-0.1, -0.05) is 70.7 Å². The van der Waals surface area contributed by atoms with Gasteiger partial charge in [-0.15, -0.1) is 0 Å². The highest BCUT2D eigenvalue weighted by Crippen LogP contribution is 2.34. The monoisotopic (exact) mass is 495 g/mol. The summed E-state index contributed by atoms with van der Waals surface area (Å²) in [5.41, 5.74) is 2.41. The molecule has 35 heavy (non-hydrogen) atoms. The summed E-state index contributed by atoms with van der Waals surface area (Å²) in [5.74, 6) is -2.36. The van der Waals surface area contributed by atoms with E-state index in [-0.39, 0.29) is 11.7 Å². The van der Waals surface area contributed by atoms with Crippen molar-refractivity contribution in [2.24, 2.45) is 17.8 Å². The molecule has 2 nitrogen and oxygen atoms in total. The minimum absolute atomic E-state index is 0.0840. The second-order valence-electron chi connectivity index (χ2n) is 9.45. The summed E-state index contributed by atoms with van der Waals surface area (Å²) < 4.78 is 53.0. The fraction of sp³-hybridized carbons (Fsp3) is 0.552. The zero-order chi connectivity index (χ0) is 26.6. The van der Waals surface area contributed by atoms with E-state index in [9.17, 15) is 22.4 Å². The summed E-state index contributed by atoms with van der Waals surface area (Å²) in [7, 11) is 0. The molecule has 0 spiro atoms. The van der Waals surface area contributed by atoms with Gasteiger partial charge in [0.05, 0.1) is 5.92 Å². The zero-order valence-corrected chi connectivity index (χ0v) is 21.6. The van der Waals surface area contributed by atoms with Crippen molar-refractivity contribution < 1.29 is 22.4 Å². The van der Waals surface area contributed by atoms with Crippen LogP contribution >= 0.6 is 0 Å². The summed E-state index contributed by atoms with van der Waals surface area (Å²) in [4.78, 5) is 14.5. The molecule has 0 amide bonds. The molecule has 0 radical (unpaired) electrons. The van der Waals surface area contributed by atoms with Crippen LogP contribution in [-0.4, -0.2) is 29.9 Å². The van der Waals surface area contributed by atoms with Crippen molar-refractivity contribution in [3.8, 4) is 0 Å². The predicted octanol–water partition coefficient (Wildman–Crippen LogP) is 8.66. The first-order chi connectivity index (χ1) is 16.4. The minimum atomic E-state index is -4.25. The molecular formula is C29H41F4NO. The van der Waals surface area contributed by atoms with Crippen molar-refractivity contribution in [1.29, 1.82) is 0 Å². The van der Waals surface area contributed by atoms with Crippen LogP contribution in [0.2, 0.25) is 0 Å². The lowest BCUT2D eigenvalue weighted by atomic mass is 9.86. The van der Waals surface area contributed by atoms with Gasteiger partial charge in [0.25, 0.3) is 0 Å². The molecule has 1 rings (SSSR count). The van der Waals surface area contributed by atoms with Gasteiger partial charge in [-0.05, 0) is 54.7 Å². The molecule has 3 atom stereocenters. The lowest BCUT2D eigenvalue weighted by molar-refractivity contribution is -0.177. The van der Waals surface area contributed by atoms with Crippen LogP contribution in [0.25, 0.3) is 0 Å². The maximum Gasteiger partial charge on any atom is 0.392 e. The normalized spacial score (nSPS) is 19.5. The quantitative estimate of drug-likeness (QED) is 0.177. The molecular weight excluding hydrogens is 454 g/mol. The third-order valence-corrected chi connectivity index (χ3v) is 6.33. The summed E-state index contributed by atoms with van der Waals surface area (Å²) in [6.07, 6.45) is 9.98. The minimum Gasteiger partial charge on any atom is -0.376 e. The Bertz CT molecular complexity index is 847. The maximum absolute atomic E-state index is 13.7. The molecule has 196 valence electrons. The smallest absolute Gasteiger partial charge is 0.376 e. The van der Waals surface area contributed by atoms with E-state index in [4.69, 9.17) is 0 Å². The number of ketones is 1. The largest absolute Gasteiger partial charge is 0.392 e. The van der Waals surface area contributed by atoms with Gasteiger partial charge in [0.2, 0.25) is 0 Å². The van der Waals surface area contributed by atoms with Crippen molar-refractivity contribution in [1.82, 2.24) is 4.90 Å². The van der Waals surface area contributed by atoms with Gasteiger partial charge in [0.15, 0.2) is 0 Å². The predicted molar refractivity (Wildman–Crippen MR) is 137 cm³/mol. The van der Waals surface area contributed by atoms with Crippen LogP contribution in [0.5, 0.6) is 0 Å². The molecule has 0 saturated carbocycles. The highest BCUT2D eigenvalue weighted by atomic mass is 19.4. The van der Waals surface area contributed by atoms with E-state index in [1.54, 1.807) is 19.1 Å². The molecule has 0 aliphatic carbocycles. The third kappa shape index (κ3) is 11.3. The third-order valence-electron chi connectivity index (χ3n) is 6.33. The molecule has 1 heterocycles. The fourth-order valence-corrected chi connectivity index (χ4v) is 4.19. The van der Waals surface area contributed by atoms with E-state index in [0.29, 0.717) is 38.8 Å². The van der Waals surface area contributed by atoms with E-state index >= 15 is 0 Å². The van der Waals surface area contributed by atoms with Gasteiger partial charge in [-0.25, -0.2) is 4.39 Å². The first-order valence-corrected chi connectivity index (χ1v) is 12.5. The Morgan fingerprint density at radius 3 is 2.49 bits per heavy atom. The van der Waals surface area contributed by atoms with Crippen LogP contribution < -0.4 is 0 Å². The molecule has 0 fully saturated rings. The van der Waals surface area contributed by atoms with E-state index < -0.39 is 23.8 Å². The molecule has 0 bridgehead atoms. The van der Waals surface area contributed by atoms with E-state index in [1.807, 2.05) is 32.2 Å². The van der Waals surface area contributed by atoms with Crippen molar-refractivity contribution in [2.45, 2.75) is 72.4 Å². The highest BCUT2D eigenvalue weighted by Gasteiger charge is 2.38. The summed E-state index contributed by atoms with van der Waals surface area (Å²) in [6.45, 7) is 15.1. The molecule has 0 aromatic rings. The number of rotatable bonds is 14. The Labute approximate surface area is 208 Å². The lowest BCUT2D eigenvalue weighted by Crippen LogP contribution is -2.32. The fourth-order valence-electron chi connectivity index (χ4n) is 4.19. The number of hydrogen-bond acceptors (Lipinski definition) is 2. The molecule has 0 aromatic heterocycles. The summed E-state index contributed by atoms with van der Waals surface area (Å²) in [5, 5.41) is 0. The number of halogens is 4. The summed E-state index contributed by atoms with van der Waals surface area (Å²) >= 11 is 0. The zero-order valence-electron chi connectivity index (χ0n) is 21.6. The Morgan fingerprint density at radius 1 is 1.26 bits per heavy atom. The maximum atomic E-state index is 13.7. The van der Waals surface area contributed by atoms with Gasteiger partial charge in [-0.2, -0.15) is 13.2 Å². The number of nitrogens with zero attached hydrogens (tertiary/aromatic N) is 1. The number of allylic oxidation sites excluding steroid dienone is 8. The summed E-state index contributed by atoms with van der Waals surface area (Å²) in [6, 6.07) is 0. The van der Waals surface area contributed by atoms with Crippen LogP contribution in [0.4, 0.5) is 17.6 Å². The second kappa shape index (κ2) is 14.9. The molecule has 0 saturated heterocycles. The second-order valence-corrected chi connectivity index (χ2v) is 9.45. The van der Waals surface area contributed by atoms with E-state index in [2.05, 4.69) is 18.1 Å². The average molecular weight is 496 g/mol. The molecule has 0 aromatic carbocycles. The number of Topliss-reactive ketones (excluding diaryl/α,β-unsaturated/α-hetero) is 1. The first-order valence-electron chi connectivity index (χ1n) is 12.5. The first kappa shape index (κ1) is 30.7. The van der Waals surface area contributed by atoms with Crippen molar-refractivity contribution in [3.63, 3.8) is 0 Å². The number of carbonyl (C=O) groups excluding carboxylic acids is 1. The lowest BCUT2D eigenvalue weighted by Gasteiger charge is -2.33. The molecule has 6 heteroatoms. The Balaban J connectivity index is 3.15. The van der Waals surface area contributed by atoms with Gasteiger partial charge in [0, 0.05) is 32.1 Å². The SMILES string of the molecule is C=C/C(=C\C(C)[C@H](C)C(F)(F)F)CCN1C=C(C(/C=C\CC)=C/C(=C)F)CC(CC(=O)CCC)C1. The van der Waals surface area contributed by atoms with Gasteiger partial charge < -0.3 is 4.90 Å². The average Bonchev–Trinajstić information content (AvgIpc) is 2.77. The molecule has 2 unspecified atom stereocenters. The van der Waals surface area contributed by atoms with Crippen LogP contribution in [-0.2, 0) is 4.79 Å². The van der Waals surface area contributed by atoms with Gasteiger partial charge >= 0.3 is 6.18 Å². The van der Waals surface area contributed by atoms with E-state index in [1.165, 1.54) is 13.0 Å². The van der Waals surface area contributed by atoms with Gasteiger partial charge in [0.1, 0.15) is 11.6 Å². The van der Waals surface area contributed by atoms with Crippen LogP contribution in [0.15, 0.2) is 72.3 Å².